The molecule has 0 saturated carbocycles. The summed E-state index contributed by atoms with van der Waals surface area (Å²) in [5, 5.41) is 0. The van der Waals surface area contributed by atoms with E-state index in [1.54, 1.807) is 7.11 Å². The number of aryl methyl sites for hydroxylation is 2. The molecule has 1 rings (SSSR count). The molecule has 0 aliphatic rings. The van der Waals surface area contributed by atoms with E-state index in [0.29, 0.717) is 0 Å². The highest BCUT2D eigenvalue weighted by Crippen LogP contribution is 2.27. The molecule has 0 saturated heterocycles. The molecule has 0 spiro atoms. The van der Waals surface area contributed by atoms with Crippen LogP contribution < -0.4 is 10.5 Å². The molecule has 0 aliphatic carbocycles. The average Bonchev–Trinajstić information content (AvgIpc) is 2.36. The summed E-state index contributed by atoms with van der Waals surface area (Å²) in [6.45, 7) is 7.71. The van der Waals surface area contributed by atoms with Crippen LogP contribution in [0.1, 0.15) is 42.5 Å². The van der Waals surface area contributed by atoms with E-state index >= 15 is 0 Å². The van der Waals surface area contributed by atoms with E-state index in [9.17, 15) is 0 Å². The van der Waals surface area contributed by atoms with Crippen LogP contribution in [0.5, 0.6) is 5.75 Å². The molecule has 0 bridgehead atoms. The molecule has 102 valence electrons. The van der Waals surface area contributed by atoms with Crippen molar-refractivity contribution in [2.24, 2.45) is 5.73 Å². The van der Waals surface area contributed by atoms with Crippen molar-refractivity contribution in [3.05, 3.63) is 28.8 Å². The summed E-state index contributed by atoms with van der Waals surface area (Å²) >= 11 is 0. The predicted octanol–water partition coefficient (Wildman–Crippen LogP) is 3.13. The summed E-state index contributed by atoms with van der Waals surface area (Å²) < 4.78 is 10.6. The molecule has 3 nitrogen and oxygen atoms in total. The summed E-state index contributed by atoms with van der Waals surface area (Å²) in [6, 6.07) is 4.28. The van der Waals surface area contributed by atoms with Gasteiger partial charge in [-0.2, -0.15) is 0 Å². The number of nitrogens with two attached hydrogens (primary N) is 1. The summed E-state index contributed by atoms with van der Waals surface area (Å²) in [5.74, 6) is 0.928. The van der Waals surface area contributed by atoms with Crippen LogP contribution in [-0.4, -0.2) is 20.3 Å². The lowest BCUT2D eigenvalue weighted by Gasteiger charge is -2.17. The van der Waals surface area contributed by atoms with Gasteiger partial charge in [0.2, 0.25) is 0 Å². The van der Waals surface area contributed by atoms with Crippen LogP contribution in [0, 0.1) is 13.8 Å². The summed E-state index contributed by atoms with van der Waals surface area (Å²) in [6.07, 6.45) is 1.95. The molecule has 1 aromatic rings. The van der Waals surface area contributed by atoms with E-state index in [0.717, 1.165) is 37.4 Å². The third-order valence-electron chi connectivity index (χ3n) is 3.19. The van der Waals surface area contributed by atoms with Crippen molar-refractivity contribution in [2.75, 3.05) is 20.3 Å². The number of ether oxygens (including phenoxy) is 2. The van der Waals surface area contributed by atoms with Crippen molar-refractivity contribution in [1.29, 1.82) is 0 Å². The van der Waals surface area contributed by atoms with Gasteiger partial charge in [-0.1, -0.05) is 6.07 Å². The lowest BCUT2D eigenvalue weighted by molar-refractivity contribution is 0.142. The Morgan fingerprint density at radius 3 is 2.56 bits per heavy atom. The van der Waals surface area contributed by atoms with Crippen molar-refractivity contribution in [1.82, 2.24) is 0 Å². The van der Waals surface area contributed by atoms with E-state index in [2.05, 4.69) is 26.0 Å². The minimum atomic E-state index is 0.0788. The number of rotatable bonds is 7. The Morgan fingerprint density at radius 2 is 1.94 bits per heavy atom. The van der Waals surface area contributed by atoms with Crippen LogP contribution in [0.2, 0.25) is 0 Å². The monoisotopic (exact) mass is 251 g/mol. The molecule has 0 radical (unpaired) electrons. The standard InChI is InChI=1S/C15H25NO2/c1-5-18-8-6-7-14(16)13-9-12(3)15(17-4)10-11(13)2/h9-10,14H,5-8,16H2,1-4H3. The first-order valence-electron chi connectivity index (χ1n) is 6.58. The maximum absolute atomic E-state index is 6.24. The third-order valence-corrected chi connectivity index (χ3v) is 3.19. The fraction of sp³-hybridized carbons (Fsp3) is 0.600. The predicted molar refractivity (Wildman–Crippen MR) is 75.1 cm³/mol. The van der Waals surface area contributed by atoms with Gasteiger partial charge in [0, 0.05) is 19.3 Å². The topological polar surface area (TPSA) is 44.5 Å². The van der Waals surface area contributed by atoms with Crippen LogP contribution in [0.25, 0.3) is 0 Å². The van der Waals surface area contributed by atoms with Gasteiger partial charge in [0.15, 0.2) is 0 Å². The first-order chi connectivity index (χ1) is 8.60. The molecule has 0 aliphatic heterocycles. The Hall–Kier alpha value is -1.06. The van der Waals surface area contributed by atoms with Gasteiger partial charge in [-0.15, -0.1) is 0 Å². The molecule has 0 fully saturated rings. The van der Waals surface area contributed by atoms with E-state index in [-0.39, 0.29) is 6.04 Å². The number of benzene rings is 1. The largest absolute Gasteiger partial charge is 0.496 e. The molecule has 1 aromatic carbocycles. The van der Waals surface area contributed by atoms with Gasteiger partial charge < -0.3 is 15.2 Å². The zero-order valence-corrected chi connectivity index (χ0v) is 12.0. The van der Waals surface area contributed by atoms with Crippen LogP contribution in [0.3, 0.4) is 0 Å². The number of hydrogen-bond donors (Lipinski definition) is 1. The van der Waals surface area contributed by atoms with E-state index in [1.165, 1.54) is 11.1 Å². The van der Waals surface area contributed by atoms with Crippen molar-refractivity contribution in [2.45, 2.75) is 39.7 Å². The van der Waals surface area contributed by atoms with E-state index < -0.39 is 0 Å². The lowest BCUT2D eigenvalue weighted by atomic mass is 9.96. The summed E-state index contributed by atoms with van der Waals surface area (Å²) in [7, 11) is 1.70. The summed E-state index contributed by atoms with van der Waals surface area (Å²) in [5.41, 5.74) is 9.79. The van der Waals surface area contributed by atoms with Gasteiger partial charge in [-0.25, -0.2) is 0 Å². The van der Waals surface area contributed by atoms with E-state index in [1.807, 2.05) is 6.92 Å². The molecule has 2 N–H and O–H groups in total. The van der Waals surface area contributed by atoms with Crippen LogP contribution in [0.4, 0.5) is 0 Å². The Kier molecular flexibility index (Phi) is 6.16. The Bertz CT molecular complexity index is 377. The molecule has 18 heavy (non-hydrogen) atoms. The minimum Gasteiger partial charge on any atom is -0.496 e. The molecular formula is C15H25NO2. The van der Waals surface area contributed by atoms with Gasteiger partial charge in [-0.05, 0) is 56.4 Å². The molecule has 0 amide bonds. The van der Waals surface area contributed by atoms with E-state index in [4.69, 9.17) is 15.2 Å². The van der Waals surface area contributed by atoms with Crippen LogP contribution in [-0.2, 0) is 4.74 Å². The fourth-order valence-corrected chi connectivity index (χ4v) is 2.14. The highest BCUT2D eigenvalue weighted by molar-refractivity contribution is 5.42. The van der Waals surface area contributed by atoms with Crippen molar-refractivity contribution in [3.8, 4) is 5.75 Å². The van der Waals surface area contributed by atoms with Crippen molar-refractivity contribution < 1.29 is 9.47 Å². The highest BCUT2D eigenvalue weighted by Gasteiger charge is 2.11. The maximum Gasteiger partial charge on any atom is 0.122 e. The van der Waals surface area contributed by atoms with Gasteiger partial charge in [0.25, 0.3) is 0 Å². The Morgan fingerprint density at radius 1 is 1.22 bits per heavy atom. The molecule has 3 heteroatoms. The zero-order valence-electron chi connectivity index (χ0n) is 12.0. The van der Waals surface area contributed by atoms with Gasteiger partial charge in [0.1, 0.15) is 5.75 Å². The van der Waals surface area contributed by atoms with Gasteiger partial charge in [-0.3, -0.25) is 0 Å². The average molecular weight is 251 g/mol. The smallest absolute Gasteiger partial charge is 0.122 e. The molecule has 0 aromatic heterocycles. The van der Waals surface area contributed by atoms with Gasteiger partial charge >= 0.3 is 0 Å². The number of methoxy groups -OCH3 is 1. The quantitative estimate of drug-likeness (QED) is 0.757. The highest BCUT2D eigenvalue weighted by atomic mass is 16.5. The molecular weight excluding hydrogens is 226 g/mol. The second-order valence-electron chi connectivity index (χ2n) is 4.62. The SMILES string of the molecule is CCOCCCC(N)c1cc(C)c(OC)cc1C. The summed E-state index contributed by atoms with van der Waals surface area (Å²) in [4.78, 5) is 0. The Balaban J connectivity index is 2.67. The van der Waals surface area contributed by atoms with Crippen LogP contribution in [0.15, 0.2) is 12.1 Å². The molecule has 1 atom stereocenters. The second kappa shape index (κ2) is 7.39. The fourth-order valence-electron chi connectivity index (χ4n) is 2.14. The van der Waals surface area contributed by atoms with Crippen molar-refractivity contribution in [3.63, 3.8) is 0 Å². The second-order valence-corrected chi connectivity index (χ2v) is 4.62. The van der Waals surface area contributed by atoms with Crippen LogP contribution >= 0.6 is 0 Å². The Labute approximate surface area is 110 Å². The first-order valence-corrected chi connectivity index (χ1v) is 6.58. The lowest BCUT2D eigenvalue weighted by Crippen LogP contribution is -2.13. The first kappa shape index (κ1) is 15.0. The maximum atomic E-state index is 6.24. The zero-order chi connectivity index (χ0) is 13.5. The normalized spacial score (nSPS) is 12.5. The minimum absolute atomic E-state index is 0.0788. The molecule has 0 heterocycles. The third kappa shape index (κ3) is 4.00. The van der Waals surface area contributed by atoms with Gasteiger partial charge in [0.05, 0.1) is 7.11 Å². The molecule has 1 unspecified atom stereocenters. The number of hydrogen-bond acceptors (Lipinski definition) is 3. The van der Waals surface area contributed by atoms with Crippen molar-refractivity contribution >= 4 is 0 Å².